The predicted octanol–water partition coefficient (Wildman–Crippen LogP) is 4.62. The van der Waals surface area contributed by atoms with Crippen LogP contribution in [0.1, 0.15) is 49.3 Å². The van der Waals surface area contributed by atoms with Crippen LogP contribution in [0.4, 0.5) is 0 Å². The molecule has 156 valence electrons. The fraction of sp³-hybridized carbons (Fsp3) is 0.440. The highest BCUT2D eigenvalue weighted by molar-refractivity contribution is 5.68. The second-order valence-electron chi connectivity index (χ2n) is 8.75. The first-order chi connectivity index (χ1) is 14.8. The lowest BCUT2D eigenvalue weighted by molar-refractivity contribution is 0.0301. The summed E-state index contributed by atoms with van der Waals surface area (Å²) in [6, 6.07) is 18.8. The number of ether oxygens (including phenoxy) is 1. The molecule has 2 unspecified atom stereocenters. The van der Waals surface area contributed by atoms with Gasteiger partial charge in [0.25, 0.3) is 0 Å². The molecule has 30 heavy (non-hydrogen) atoms. The number of fused-ring (bicyclic) bond motifs is 3. The number of nitrogens with zero attached hydrogens (tertiary/aromatic N) is 3. The molecular weight excluding hydrogens is 374 g/mol. The molecule has 0 saturated heterocycles. The smallest absolute Gasteiger partial charge is 0.0896 e. The van der Waals surface area contributed by atoms with Crippen LogP contribution in [0, 0.1) is 11.8 Å². The number of hydrogen-bond donors (Lipinski definition) is 1. The van der Waals surface area contributed by atoms with Gasteiger partial charge in [-0.1, -0.05) is 59.8 Å². The van der Waals surface area contributed by atoms with E-state index >= 15 is 0 Å². The Morgan fingerprint density at radius 1 is 1.00 bits per heavy atom. The zero-order chi connectivity index (χ0) is 20.3. The van der Waals surface area contributed by atoms with Crippen molar-refractivity contribution in [2.24, 2.45) is 11.8 Å². The van der Waals surface area contributed by atoms with E-state index in [1.807, 2.05) is 16.9 Å². The van der Waals surface area contributed by atoms with Crippen LogP contribution in [-0.2, 0) is 11.3 Å². The van der Waals surface area contributed by atoms with Crippen LogP contribution in [0.15, 0.2) is 60.8 Å². The molecule has 0 bridgehead atoms. The van der Waals surface area contributed by atoms with Crippen LogP contribution >= 0.6 is 0 Å². The highest BCUT2D eigenvalue weighted by Crippen LogP contribution is 2.42. The van der Waals surface area contributed by atoms with Crippen molar-refractivity contribution in [1.29, 1.82) is 0 Å². The largest absolute Gasteiger partial charge is 0.393 e. The van der Waals surface area contributed by atoms with Gasteiger partial charge in [0.2, 0.25) is 0 Å². The molecule has 0 spiro atoms. The minimum atomic E-state index is -0.315. The SMILES string of the molecule is OC(CC1c2ccccc2-c2cnnn21)C1CCC(COCc2ccccc2)CC1. The molecule has 1 aromatic heterocycles. The lowest BCUT2D eigenvalue weighted by Crippen LogP contribution is -2.29. The van der Waals surface area contributed by atoms with Gasteiger partial charge in [-0.3, -0.25) is 0 Å². The standard InChI is InChI=1S/C25H29N3O2/c29-25(14-23-21-8-4-5-9-22(21)24-15-26-27-28(23)24)20-12-10-19(11-13-20)17-30-16-18-6-2-1-3-7-18/h1-9,15,19-20,23,25,29H,10-14,16-17H2. The van der Waals surface area contributed by atoms with Crippen molar-refractivity contribution < 1.29 is 9.84 Å². The molecular formula is C25H29N3O2. The molecule has 1 saturated carbocycles. The maximum absolute atomic E-state index is 11.0. The Morgan fingerprint density at radius 2 is 1.77 bits per heavy atom. The molecule has 1 aliphatic heterocycles. The molecule has 1 aliphatic carbocycles. The van der Waals surface area contributed by atoms with Gasteiger partial charge < -0.3 is 9.84 Å². The van der Waals surface area contributed by atoms with Gasteiger partial charge in [0.05, 0.1) is 30.6 Å². The van der Waals surface area contributed by atoms with Gasteiger partial charge in [-0.25, -0.2) is 4.68 Å². The Kier molecular flexibility index (Phi) is 5.65. The van der Waals surface area contributed by atoms with Crippen molar-refractivity contribution in [3.8, 4) is 11.3 Å². The Hall–Kier alpha value is -2.50. The van der Waals surface area contributed by atoms with Gasteiger partial charge in [-0.2, -0.15) is 0 Å². The summed E-state index contributed by atoms with van der Waals surface area (Å²) >= 11 is 0. The first-order valence-electron chi connectivity index (χ1n) is 11.1. The molecule has 5 nitrogen and oxygen atoms in total. The van der Waals surface area contributed by atoms with Crippen molar-refractivity contribution in [3.05, 3.63) is 71.9 Å². The van der Waals surface area contributed by atoms with Crippen LogP contribution in [-0.4, -0.2) is 32.8 Å². The van der Waals surface area contributed by atoms with Crippen molar-refractivity contribution >= 4 is 0 Å². The van der Waals surface area contributed by atoms with E-state index in [9.17, 15) is 5.11 Å². The summed E-state index contributed by atoms with van der Waals surface area (Å²) in [6.07, 6.45) is 6.61. The van der Waals surface area contributed by atoms with Crippen LogP contribution in [0.25, 0.3) is 11.3 Å². The third-order valence-electron chi connectivity index (χ3n) is 6.83. The number of hydrogen-bond acceptors (Lipinski definition) is 4. The first kappa shape index (κ1) is 19.5. The Labute approximate surface area is 177 Å². The molecule has 2 aromatic carbocycles. The topological polar surface area (TPSA) is 60.2 Å². The predicted molar refractivity (Wildman–Crippen MR) is 116 cm³/mol. The van der Waals surface area contributed by atoms with Gasteiger partial charge in [-0.15, -0.1) is 5.10 Å². The second-order valence-corrected chi connectivity index (χ2v) is 8.75. The zero-order valence-electron chi connectivity index (χ0n) is 17.2. The third-order valence-corrected chi connectivity index (χ3v) is 6.83. The number of aliphatic hydroxyl groups excluding tert-OH is 1. The molecule has 0 amide bonds. The lowest BCUT2D eigenvalue weighted by Gasteiger charge is -2.32. The highest BCUT2D eigenvalue weighted by atomic mass is 16.5. The van der Waals surface area contributed by atoms with Crippen LogP contribution in [0.2, 0.25) is 0 Å². The molecule has 0 radical (unpaired) electrons. The van der Waals surface area contributed by atoms with Crippen molar-refractivity contribution in [1.82, 2.24) is 15.0 Å². The number of rotatable bonds is 7. The van der Waals surface area contributed by atoms with Gasteiger partial charge in [0.1, 0.15) is 0 Å². The summed E-state index contributed by atoms with van der Waals surface area (Å²) in [5.74, 6) is 0.960. The molecule has 2 atom stereocenters. The van der Waals surface area contributed by atoms with Gasteiger partial charge >= 0.3 is 0 Å². The molecule has 3 aromatic rings. The van der Waals surface area contributed by atoms with Crippen LogP contribution in [0.5, 0.6) is 0 Å². The lowest BCUT2D eigenvalue weighted by atomic mass is 9.78. The van der Waals surface area contributed by atoms with Gasteiger partial charge in [0.15, 0.2) is 0 Å². The van der Waals surface area contributed by atoms with E-state index in [0.717, 1.165) is 38.0 Å². The van der Waals surface area contributed by atoms with Gasteiger partial charge in [-0.05, 0) is 48.6 Å². The van der Waals surface area contributed by atoms with Crippen LogP contribution < -0.4 is 0 Å². The average molecular weight is 404 g/mol. The molecule has 1 N–H and O–H groups in total. The van der Waals surface area contributed by atoms with E-state index in [0.29, 0.717) is 24.9 Å². The number of aliphatic hydroxyl groups is 1. The molecule has 5 heteroatoms. The number of aromatic nitrogens is 3. The zero-order valence-corrected chi connectivity index (χ0v) is 17.2. The van der Waals surface area contributed by atoms with E-state index in [1.165, 1.54) is 16.7 Å². The fourth-order valence-electron chi connectivity index (χ4n) is 5.12. The fourth-order valence-corrected chi connectivity index (χ4v) is 5.12. The number of benzene rings is 2. The Balaban J connectivity index is 1.13. The Bertz CT molecular complexity index is 963. The van der Waals surface area contributed by atoms with E-state index < -0.39 is 0 Å². The van der Waals surface area contributed by atoms with E-state index in [2.05, 4.69) is 58.8 Å². The van der Waals surface area contributed by atoms with Crippen molar-refractivity contribution in [2.45, 2.75) is 50.9 Å². The maximum Gasteiger partial charge on any atom is 0.0896 e. The van der Waals surface area contributed by atoms with Crippen molar-refractivity contribution in [2.75, 3.05) is 6.61 Å². The minimum absolute atomic E-state index is 0.0839. The summed E-state index contributed by atoms with van der Waals surface area (Å²) in [5, 5.41) is 19.4. The minimum Gasteiger partial charge on any atom is -0.393 e. The molecule has 2 heterocycles. The second kappa shape index (κ2) is 8.70. The van der Waals surface area contributed by atoms with E-state index in [4.69, 9.17) is 4.74 Å². The molecule has 1 fully saturated rings. The summed E-state index contributed by atoms with van der Waals surface area (Å²) in [6.45, 7) is 1.50. The van der Waals surface area contributed by atoms with Crippen LogP contribution in [0.3, 0.4) is 0 Å². The third kappa shape index (κ3) is 3.92. The van der Waals surface area contributed by atoms with E-state index in [-0.39, 0.29) is 12.1 Å². The summed E-state index contributed by atoms with van der Waals surface area (Å²) in [7, 11) is 0. The summed E-state index contributed by atoms with van der Waals surface area (Å²) < 4.78 is 7.93. The normalized spacial score (nSPS) is 23.7. The van der Waals surface area contributed by atoms with Gasteiger partial charge in [0, 0.05) is 18.6 Å². The quantitative estimate of drug-likeness (QED) is 0.625. The average Bonchev–Trinajstić information content (AvgIpc) is 3.38. The maximum atomic E-state index is 11.0. The van der Waals surface area contributed by atoms with Crippen molar-refractivity contribution in [3.63, 3.8) is 0 Å². The Morgan fingerprint density at radius 3 is 2.60 bits per heavy atom. The highest BCUT2D eigenvalue weighted by Gasteiger charge is 2.34. The van der Waals surface area contributed by atoms with E-state index in [1.54, 1.807) is 0 Å². The molecule has 5 rings (SSSR count). The first-order valence-corrected chi connectivity index (χ1v) is 11.1. The summed E-state index contributed by atoms with van der Waals surface area (Å²) in [5.41, 5.74) is 4.73. The summed E-state index contributed by atoms with van der Waals surface area (Å²) in [4.78, 5) is 0. The molecule has 2 aliphatic rings. The monoisotopic (exact) mass is 403 g/mol.